The summed E-state index contributed by atoms with van der Waals surface area (Å²) in [5.41, 5.74) is 7.92. The minimum absolute atomic E-state index is 0.152. The highest BCUT2D eigenvalue weighted by atomic mass is 16.4. The van der Waals surface area contributed by atoms with Crippen molar-refractivity contribution in [2.75, 3.05) is 0 Å². The molecule has 1 unspecified atom stereocenters. The molecule has 0 aliphatic carbocycles. The number of nitrogens with zero attached hydrogens (tertiary/aromatic N) is 1. The van der Waals surface area contributed by atoms with E-state index in [0.717, 1.165) is 0 Å². The second-order valence-corrected chi connectivity index (χ2v) is 4.05. The van der Waals surface area contributed by atoms with Gasteiger partial charge >= 0.3 is 0 Å². The van der Waals surface area contributed by atoms with Crippen LogP contribution in [0.1, 0.15) is 31.0 Å². The Kier molecular flexibility index (Phi) is 4.31. The van der Waals surface area contributed by atoms with E-state index in [9.17, 15) is 0 Å². The molecular weight excluding hydrogens is 202 g/mol. The van der Waals surface area contributed by atoms with Crippen molar-refractivity contribution in [3.63, 3.8) is 0 Å². The first-order valence-corrected chi connectivity index (χ1v) is 5.34. The average molecular weight is 221 g/mol. The van der Waals surface area contributed by atoms with Crippen LogP contribution in [0.15, 0.2) is 29.4 Å². The van der Waals surface area contributed by atoms with Gasteiger partial charge in [-0.25, -0.2) is 0 Å². The molecule has 0 fully saturated rings. The van der Waals surface area contributed by atoms with E-state index in [2.05, 4.69) is 41.7 Å². The number of benzene rings is 1. The standard InChI is InChI=1S/C12H19N3O/c1-8-4-6-11(7-5-8)9(2)14-10(3)12(13)15-16/h4-7,9-10,14,16H,1-3H3,(H2,13,15)/t9-,10?/m1/s1. The number of oxime groups is 1. The van der Waals surface area contributed by atoms with Crippen LogP contribution in [0.2, 0.25) is 0 Å². The van der Waals surface area contributed by atoms with Gasteiger partial charge in [0.15, 0.2) is 5.84 Å². The molecular formula is C12H19N3O. The van der Waals surface area contributed by atoms with E-state index in [1.54, 1.807) is 0 Å². The molecule has 1 aromatic rings. The second kappa shape index (κ2) is 5.51. The van der Waals surface area contributed by atoms with Crippen molar-refractivity contribution in [1.82, 2.24) is 5.32 Å². The first kappa shape index (κ1) is 12.5. The van der Waals surface area contributed by atoms with Gasteiger partial charge < -0.3 is 16.3 Å². The van der Waals surface area contributed by atoms with Crippen LogP contribution in [0.5, 0.6) is 0 Å². The molecule has 16 heavy (non-hydrogen) atoms. The van der Waals surface area contributed by atoms with Gasteiger partial charge in [-0.1, -0.05) is 35.0 Å². The third kappa shape index (κ3) is 3.24. The van der Waals surface area contributed by atoms with Gasteiger partial charge in [0.2, 0.25) is 0 Å². The fraction of sp³-hybridized carbons (Fsp3) is 0.417. The van der Waals surface area contributed by atoms with Crippen LogP contribution in [-0.4, -0.2) is 17.1 Å². The van der Waals surface area contributed by atoms with Crippen molar-refractivity contribution in [3.8, 4) is 0 Å². The monoisotopic (exact) mass is 221 g/mol. The lowest BCUT2D eigenvalue weighted by atomic mass is 10.1. The van der Waals surface area contributed by atoms with Gasteiger partial charge in [0.1, 0.15) is 0 Å². The zero-order valence-electron chi connectivity index (χ0n) is 9.94. The van der Waals surface area contributed by atoms with Crippen molar-refractivity contribution in [3.05, 3.63) is 35.4 Å². The molecule has 0 saturated heterocycles. The Hall–Kier alpha value is -1.55. The highest BCUT2D eigenvalue weighted by Crippen LogP contribution is 2.13. The second-order valence-electron chi connectivity index (χ2n) is 4.05. The first-order valence-electron chi connectivity index (χ1n) is 5.34. The third-order valence-corrected chi connectivity index (χ3v) is 2.64. The molecule has 2 atom stereocenters. The summed E-state index contributed by atoms with van der Waals surface area (Å²) in [4.78, 5) is 0. The van der Waals surface area contributed by atoms with Crippen LogP contribution in [-0.2, 0) is 0 Å². The van der Waals surface area contributed by atoms with Gasteiger partial charge in [0, 0.05) is 6.04 Å². The van der Waals surface area contributed by atoms with Crippen molar-refractivity contribution < 1.29 is 5.21 Å². The molecule has 4 N–H and O–H groups in total. The predicted molar refractivity (Wildman–Crippen MR) is 65.6 cm³/mol. The van der Waals surface area contributed by atoms with Gasteiger partial charge in [-0.3, -0.25) is 0 Å². The minimum atomic E-state index is -0.152. The van der Waals surface area contributed by atoms with E-state index < -0.39 is 0 Å². The number of hydrogen-bond acceptors (Lipinski definition) is 3. The maximum atomic E-state index is 8.55. The minimum Gasteiger partial charge on any atom is -0.409 e. The van der Waals surface area contributed by atoms with Gasteiger partial charge in [-0.2, -0.15) is 0 Å². The van der Waals surface area contributed by atoms with E-state index >= 15 is 0 Å². The average Bonchev–Trinajstić information content (AvgIpc) is 2.28. The van der Waals surface area contributed by atoms with Gasteiger partial charge in [-0.05, 0) is 26.3 Å². The Morgan fingerprint density at radius 2 is 1.88 bits per heavy atom. The molecule has 0 amide bonds. The van der Waals surface area contributed by atoms with Crippen molar-refractivity contribution >= 4 is 5.84 Å². The summed E-state index contributed by atoms with van der Waals surface area (Å²) in [6.45, 7) is 5.96. The largest absolute Gasteiger partial charge is 0.409 e. The van der Waals surface area contributed by atoms with Crippen LogP contribution in [0.3, 0.4) is 0 Å². The molecule has 1 rings (SSSR count). The summed E-state index contributed by atoms with van der Waals surface area (Å²) >= 11 is 0. The zero-order valence-corrected chi connectivity index (χ0v) is 9.94. The summed E-state index contributed by atoms with van der Waals surface area (Å²) in [5, 5.41) is 14.8. The number of nitrogens with one attached hydrogen (secondary N) is 1. The number of hydrogen-bond donors (Lipinski definition) is 3. The summed E-state index contributed by atoms with van der Waals surface area (Å²) in [5.74, 6) is 0.193. The van der Waals surface area contributed by atoms with Crippen LogP contribution >= 0.6 is 0 Å². The van der Waals surface area contributed by atoms with Crippen LogP contribution < -0.4 is 11.1 Å². The lowest BCUT2D eigenvalue weighted by molar-refractivity contribution is 0.314. The fourth-order valence-electron chi connectivity index (χ4n) is 1.50. The molecule has 4 heteroatoms. The van der Waals surface area contributed by atoms with E-state index in [0.29, 0.717) is 0 Å². The Morgan fingerprint density at radius 3 is 2.38 bits per heavy atom. The van der Waals surface area contributed by atoms with Crippen molar-refractivity contribution in [2.24, 2.45) is 10.9 Å². The molecule has 0 heterocycles. The van der Waals surface area contributed by atoms with Crippen LogP contribution in [0.25, 0.3) is 0 Å². The SMILES string of the molecule is Cc1ccc([C@@H](C)NC(C)/C(N)=N/O)cc1. The topological polar surface area (TPSA) is 70.6 Å². The number of nitrogens with two attached hydrogens (primary N) is 1. The molecule has 0 spiro atoms. The predicted octanol–water partition coefficient (Wildman–Crippen LogP) is 1.78. The molecule has 0 saturated carbocycles. The van der Waals surface area contributed by atoms with Crippen molar-refractivity contribution in [1.29, 1.82) is 0 Å². The number of rotatable bonds is 4. The summed E-state index contributed by atoms with van der Waals surface area (Å²) in [6.07, 6.45) is 0. The molecule has 1 aromatic carbocycles. The molecule has 88 valence electrons. The van der Waals surface area contributed by atoms with Crippen LogP contribution in [0.4, 0.5) is 0 Å². The molecule has 0 radical (unpaired) electrons. The van der Waals surface area contributed by atoms with Crippen molar-refractivity contribution in [2.45, 2.75) is 32.9 Å². The molecule has 0 aromatic heterocycles. The van der Waals surface area contributed by atoms with Gasteiger partial charge in [0.05, 0.1) is 6.04 Å². The molecule has 4 nitrogen and oxygen atoms in total. The third-order valence-electron chi connectivity index (χ3n) is 2.64. The highest BCUT2D eigenvalue weighted by molar-refractivity contribution is 5.84. The van der Waals surface area contributed by atoms with Gasteiger partial charge in [-0.15, -0.1) is 0 Å². The smallest absolute Gasteiger partial charge is 0.156 e. The Bertz CT molecular complexity index is 359. The maximum Gasteiger partial charge on any atom is 0.156 e. The molecule has 0 bridgehead atoms. The summed E-state index contributed by atoms with van der Waals surface area (Å²) < 4.78 is 0. The first-order chi connectivity index (χ1) is 7.54. The van der Waals surface area contributed by atoms with E-state index in [-0.39, 0.29) is 17.9 Å². The molecule has 0 aliphatic rings. The summed E-state index contributed by atoms with van der Waals surface area (Å²) in [7, 11) is 0. The fourth-order valence-corrected chi connectivity index (χ4v) is 1.50. The van der Waals surface area contributed by atoms with E-state index in [4.69, 9.17) is 10.9 Å². The Labute approximate surface area is 96.2 Å². The van der Waals surface area contributed by atoms with E-state index in [1.165, 1.54) is 11.1 Å². The zero-order chi connectivity index (χ0) is 12.1. The Balaban J connectivity index is 2.65. The summed E-state index contributed by atoms with van der Waals surface area (Å²) in [6, 6.07) is 8.30. The van der Waals surface area contributed by atoms with Gasteiger partial charge in [0.25, 0.3) is 0 Å². The maximum absolute atomic E-state index is 8.55. The number of amidine groups is 1. The Morgan fingerprint density at radius 1 is 1.31 bits per heavy atom. The number of aryl methyl sites for hydroxylation is 1. The lowest BCUT2D eigenvalue weighted by Gasteiger charge is -2.19. The van der Waals surface area contributed by atoms with Crippen LogP contribution in [0, 0.1) is 6.92 Å². The quantitative estimate of drug-likeness (QED) is 0.314. The van der Waals surface area contributed by atoms with E-state index in [1.807, 2.05) is 13.8 Å². The highest BCUT2D eigenvalue weighted by Gasteiger charge is 2.12. The molecule has 0 aliphatic heterocycles. The lowest BCUT2D eigenvalue weighted by Crippen LogP contribution is -2.40. The normalized spacial score (nSPS) is 15.8.